The molecule has 110 valence electrons. The van der Waals surface area contributed by atoms with Gasteiger partial charge in [-0.25, -0.2) is 0 Å². The highest BCUT2D eigenvalue weighted by atomic mass is 33.5. The van der Waals surface area contributed by atoms with Crippen molar-refractivity contribution in [3.63, 3.8) is 0 Å². The largest absolute Gasteiger partial charge is 0.186 e. The number of aromatic nitrogens is 2. The highest BCUT2D eigenvalue weighted by molar-refractivity contribution is 9.10. The number of hydrogen-bond donors (Lipinski definition) is 0. The van der Waals surface area contributed by atoms with Gasteiger partial charge < -0.3 is 0 Å². The molecule has 0 amide bonds. The summed E-state index contributed by atoms with van der Waals surface area (Å²) in [6.07, 6.45) is 0. The Balaban J connectivity index is 2.28. The van der Waals surface area contributed by atoms with Gasteiger partial charge in [-0.3, -0.25) is 0 Å². The Morgan fingerprint density at radius 3 is 1.42 bits per heavy atom. The van der Waals surface area contributed by atoms with Gasteiger partial charge in [0.2, 0.25) is 0 Å². The van der Waals surface area contributed by atoms with Crippen LogP contribution in [0.1, 0.15) is 41.5 Å². The summed E-state index contributed by atoms with van der Waals surface area (Å²) >= 11 is 1.67. The van der Waals surface area contributed by atoms with Gasteiger partial charge in [-0.1, -0.05) is 74.5 Å². The van der Waals surface area contributed by atoms with Gasteiger partial charge in [0.05, 0.1) is 0 Å². The third-order valence-electron chi connectivity index (χ3n) is 1.17. The average molecular weight is 391 g/mol. The Bertz CT molecular complexity index is 345. The van der Waals surface area contributed by atoms with E-state index in [4.69, 9.17) is 0 Å². The maximum absolute atomic E-state index is 4.20. The summed E-state index contributed by atoms with van der Waals surface area (Å²) in [5.41, 5.74) is 0. The molecule has 0 aliphatic carbocycles. The fourth-order valence-corrected chi connectivity index (χ4v) is 11.9. The van der Waals surface area contributed by atoms with Crippen LogP contribution in [0.4, 0.5) is 0 Å². The number of hydrogen-bond acceptors (Lipinski definition) is 9. The van der Waals surface area contributed by atoms with E-state index in [1.807, 2.05) is 21.6 Å². The number of rotatable bonds is 6. The van der Waals surface area contributed by atoms with Gasteiger partial charge in [0.25, 0.3) is 0 Å². The lowest BCUT2D eigenvalue weighted by Crippen LogP contribution is -2.03. The molecule has 1 rings (SSSR count). The van der Waals surface area contributed by atoms with Crippen molar-refractivity contribution in [3.8, 4) is 0 Å². The van der Waals surface area contributed by atoms with Crippen molar-refractivity contribution in [2.45, 2.75) is 59.7 Å². The SMILES string of the molecule is CC(C)(C)SSSc1nnc(SSSC(C)(C)C)s1. The molecule has 0 bridgehead atoms. The van der Waals surface area contributed by atoms with Crippen molar-refractivity contribution in [1.82, 2.24) is 10.2 Å². The van der Waals surface area contributed by atoms with Crippen LogP contribution in [-0.2, 0) is 0 Å². The van der Waals surface area contributed by atoms with Crippen molar-refractivity contribution < 1.29 is 0 Å². The zero-order valence-electron chi connectivity index (χ0n) is 11.8. The highest BCUT2D eigenvalue weighted by Gasteiger charge is 2.15. The fourth-order valence-electron chi connectivity index (χ4n) is 0.561. The minimum absolute atomic E-state index is 0.277. The van der Waals surface area contributed by atoms with Crippen LogP contribution in [0.2, 0.25) is 0 Å². The van der Waals surface area contributed by atoms with Crippen LogP contribution in [0, 0.1) is 0 Å². The predicted molar refractivity (Wildman–Crippen MR) is 101 cm³/mol. The summed E-state index contributed by atoms with van der Waals surface area (Å²) in [5, 5.41) is 8.41. The quantitative estimate of drug-likeness (QED) is 0.483. The van der Waals surface area contributed by atoms with E-state index < -0.39 is 0 Å². The van der Waals surface area contributed by atoms with E-state index in [1.54, 1.807) is 52.6 Å². The summed E-state index contributed by atoms with van der Waals surface area (Å²) in [6.45, 7) is 13.3. The molecule has 0 aliphatic heterocycles. The summed E-state index contributed by atoms with van der Waals surface area (Å²) < 4.78 is 2.62. The summed E-state index contributed by atoms with van der Waals surface area (Å²) in [7, 11) is 10.7. The van der Waals surface area contributed by atoms with Crippen molar-refractivity contribution in [2.24, 2.45) is 0 Å². The van der Waals surface area contributed by atoms with Gasteiger partial charge in [0.15, 0.2) is 8.68 Å². The van der Waals surface area contributed by atoms with E-state index >= 15 is 0 Å². The maximum atomic E-state index is 4.20. The van der Waals surface area contributed by atoms with Crippen LogP contribution in [0.3, 0.4) is 0 Å². The molecule has 1 aromatic heterocycles. The molecule has 0 aliphatic rings. The second-order valence-electron chi connectivity index (χ2n) is 5.53. The first kappa shape index (κ1) is 18.7. The predicted octanol–water partition coefficient (Wildman–Crippen LogP) is 6.91. The van der Waals surface area contributed by atoms with Crippen molar-refractivity contribution >= 4 is 74.2 Å². The Morgan fingerprint density at radius 1 is 0.737 bits per heavy atom. The monoisotopic (exact) mass is 390 g/mol. The first-order chi connectivity index (χ1) is 8.66. The van der Waals surface area contributed by atoms with Gasteiger partial charge in [-0.2, -0.15) is 0 Å². The molecule has 1 heterocycles. The van der Waals surface area contributed by atoms with Crippen LogP contribution in [0.5, 0.6) is 0 Å². The van der Waals surface area contributed by atoms with Gasteiger partial charge in [-0.15, -0.1) is 10.2 Å². The molecule has 19 heavy (non-hydrogen) atoms. The molecule has 1 aromatic rings. The van der Waals surface area contributed by atoms with Gasteiger partial charge in [-0.05, 0) is 41.2 Å². The average Bonchev–Trinajstić information content (AvgIpc) is 2.62. The van der Waals surface area contributed by atoms with Crippen LogP contribution in [0.15, 0.2) is 8.68 Å². The second kappa shape index (κ2) is 8.33. The van der Waals surface area contributed by atoms with E-state index in [-0.39, 0.29) is 9.49 Å². The fraction of sp³-hybridized carbons (Fsp3) is 0.800. The second-order valence-corrected chi connectivity index (χ2v) is 16.5. The molecule has 0 aromatic carbocycles. The van der Waals surface area contributed by atoms with Crippen LogP contribution < -0.4 is 0 Å². The molecule has 9 heteroatoms. The Hall–Kier alpha value is 1.66. The first-order valence-corrected chi connectivity index (χ1v) is 13.3. The van der Waals surface area contributed by atoms with Crippen molar-refractivity contribution in [3.05, 3.63) is 0 Å². The van der Waals surface area contributed by atoms with Gasteiger partial charge >= 0.3 is 0 Å². The van der Waals surface area contributed by atoms with E-state index in [0.717, 1.165) is 8.68 Å². The zero-order chi connectivity index (χ0) is 14.5. The smallest absolute Gasteiger partial charge is 0.130 e. The molecule has 0 unspecified atom stereocenters. The van der Waals surface area contributed by atoms with Crippen molar-refractivity contribution in [1.29, 1.82) is 0 Å². The minimum Gasteiger partial charge on any atom is -0.130 e. The van der Waals surface area contributed by atoms with Crippen LogP contribution in [0.25, 0.3) is 0 Å². The highest BCUT2D eigenvalue weighted by Crippen LogP contribution is 2.50. The molecular formula is C10H18N2S7. The molecule has 0 spiro atoms. The minimum atomic E-state index is 0.277. The third-order valence-corrected chi connectivity index (χ3v) is 12.2. The molecule has 2 nitrogen and oxygen atoms in total. The van der Waals surface area contributed by atoms with E-state index in [1.165, 1.54) is 0 Å². The van der Waals surface area contributed by atoms with Crippen LogP contribution in [-0.4, -0.2) is 19.7 Å². The molecule has 0 atom stereocenters. The van der Waals surface area contributed by atoms with Crippen LogP contribution >= 0.6 is 74.2 Å². The van der Waals surface area contributed by atoms with E-state index in [9.17, 15) is 0 Å². The molecule has 0 saturated carbocycles. The maximum Gasteiger partial charge on any atom is 0.186 e. The molecular weight excluding hydrogens is 373 g/mol. The molecule has 0 N–H and O–H groups in total. The molecule has 0 saturated heterocycles. The lowest BCUT2D eigenvalue weighted by molar-refractivity contribution is 0.810. The lowest BCUT2D eigenvalue weighted by atomic mass is 10.3. The zero-order valence-corrected chi connectivity index (χ0v) is 17.5. The van der Waals surface area contributed by atoms with Crippen molar-refractivity contribution in [2.75, 3.05) is 0 Å². The topological polar surface area (TPSA) is 25.8 Å². The Labute approximate surface area is 143 Å². The van der Waals surface area contributed by atoms with E-state index in [0.29, 0.717) is 0 Å². The van der Waals surface area contributed by atoms with E-state index in [2.05, 4.69) is 51.7 Å². The number of nitrogens with zero attached hydrogens (tertiary/aromatic N) is 2. The summed E-state index contributed by atoms with van der Waals surface area (Å²) in [6, 6.07) is 0. The molecule has 0 fully saturated rings. The van der Waals surface area contributed by atoms with Gasteiger partial charge in [0.1, 0.15) is 0 Å². The lowest BCUT2D eigenvalue weighted by Gasteiger charge is -2.14. The standard InChI is InChI=1S/C10H18N2S7/c1-9(2,3)16-18-14-7-11-12-8(13-7)15-19-17-10(4,5)6/h1-6H3. The Morgan fingerprint density at radius 2 is 1.11 bits per heavy atom. The first-order valence-electron chi connectivity index (χ1n) is 5.54. The normalized spacial score (nSPS) is 12.9. The Kier molecular flexibility index (Phi) is 8.21. The third kappa shape index (κ3) is 10.1. The molecule has 0 radical (unpaired) electrons. The van der Waals surface area contributed by atoms with Gasteiger partial charge in [0, 0.05) is 9.49 Å². The summed E-state index contributed by atoms with van der Waals surface area (Å²) in [5.74, 6) is 0. The summed E-state index contributed by atoms with van der Waals surface area (Å²) in [4.78, 5) is 0.